The van der Waals surface area contributed by atoms with Crippen LogP contribution in [-0.2, 0) is 0 Å². The highest BCUT2D eigenvalue weighted by Gasteiger charge is 2.16. The predicted octanol–water partition coefficient (Wildman–Crippen LogP) is 2.81. The van der Waals surface area contributed by atoms with Crippen LogP contribution >= 0.6 is 0 Å². The van der Waals surface area contributed by atoms with Gasteiger partial charge in [-0.25, -0.2) is 0 Å². The second kappa shape index (κ2) is 2.55. The lowest BCUT2D eigenvalue weighted by molar-refractivity contribution is 0.545. The van der Waals surface area contributed by atoms with E-state index in [1.54, 1.807) is 5.92 Å². The molecule has 2 atom stereocenters. The van der Waals surface area contributed by atoms with Gasteiger partial charge in [0.15, 0.2) is 0 Å². The van der Waals surface area contributed by atoms with Crippen LogP contribution in [0.15, 0.2) is 12.2 Å². The molecule has 0 aromatic heterocycles. The quantitative estimate of drug-likeness (QED) is 0.434. The maximum atomic E-state index is 2.32. The van der Waals surface area contributed by atoms with Crippen molar-refractivity contribution >= 4 is 0 Å². The van der Waals surface area contributed by atoms with Gasteiger partial charge in [-0.2, -0.15) is 0 Å². The molecule has 1 rings (SSSR count). The Kier molecular flexibility index (Phi) is 1.94. The standard InChI is InChI=1S/C9H15/c1-7-4-5-8(2)9(3)6-7/h4-5,7-8H,6H2,1-3H3. The maximum absolute atomic E-state index is 2.32. The summed E-state index contributed by atoms with van der Waals surface area (Å²) in [7, 11) is 0. The van der Waals surface area contributed by atoms with Crippen molar-refractivity contribution in [3.8, 4) is 0 Å². The summed E-state index contributed by atoms with van der Waals surface area (Å²) in [6, 6.07) is 0. The molecule has 0 amide bonds. The topological polar surface area (TPSA) is 0 Å². The van der Waals surface area contributed by atoms with Gasteiger partial charge >= 0.3 is 0 Å². The van der Waals surface area contributed by atoms with Gasteiger partial charge in [0.1, 0.15) is 0 Å². The van der Waals surface area contributed by atoms with Crippen LogP contribution < -0.4 is 0 Å². The van der Waals surface area contributed by atoms with Crippen LogP contribution in [0.4, 0.5) is 0 Å². The van der Waals surface area contributed by atoms with E-state index in [-0.39, 0.29) is 0 Å². The third-order valence-electron chi connectivity index (χ3n) is 2.15. The van der Waals surface area contributed by atoms with Gasteiger partial charge in [-0.1, -0.05) is 32.9 Å². The minimum Gasteiger partial charge on any atom is -0.0854 e. The van der Waals surface area contributed by atoms with E-state index >= 15 is 0 Å². The Morgan fingerprint density at radius 1 is 1.33 bits per heavy atom. The average molecular weight is 123 g/mol. The van der Waals surface area contributed by atoms with E-state index < -0.39 is 0 Å². The Morgan fingerprint density at radius 2 is 2.00 bits per heavy atom. The van der Waals surface area contributed by atoms with E-state index in [4.69, 9.17) is 0 Å². The fourth-order valence-corrected chi connectivity index (χ4v) is 1.28. The fourth-order valence-electron chi connectivity index (χ4n) is 1.28. The molecule has 0 aromatic carbocycles. The lowest BCUT2D eigenvalue weighted by atomic mass is 9.82. The zero-order valence-electron chi connectivity index (χ0n) is 6.52. The number of hydrogen-bond acceptors (Lipinski definition) is 0. The molecule has 0 spiro atoms. The third-order valence-corrected chi connectivity index (χ3v) is 2.15. The Balaban J connectivity index is 2.54. The molecular weight excluding hydrogens is 108 g/mol. The second-order valence-corrected chi connectivity index (χ2v) is 3.20. The summed E-state index contributed by atoms with van der Waals surface area (Å²) in [6.45, 7) is 6.79. The van der Waals surface area contributed by atoms with Crippen LogP contribution in [0.5, 0.6) is 0 Å². The molecule has 0 nitrogen and oxygen atoms in total. The molecule has 0 heterocycles. The smallest absolute Gasteiger partial charge is 0.0201 e. The number of hydrogen-bond donors (Lipinski definition) is 0. The molecule has 1 aliphatic carbocycles. The van der Waals surface area contributed by atoms with Crippen LogP contribution in [0.1, 0.15) is 27.2 Å². The molecule has 51 valence electrons. The predicted molar refractivity (Wildman–Crippen MR) is 41.0 cm³/mol. The van der Waals surface area contributed by atoms with Gasteiger partial charge in [-0.05, 0) is 24.2 Å². The summed E-state index contributed by atoms with van der Waals surface area (Å²) in [6.07, 6.45) is 5.92. The molecule has 0 bridgehead atoms. The number of allylic oxidation sites excluding steroid dienone is 2. The van der Waals surface area contributed by atoms with E-state index in [1.807, 2.05) is 0 Å². The minimum atomic E-state index is 0.723. The van der Waals surface area contributed by atoms with Crippen molar-refractivity contribution in [3.63, 3.8) is 0 Å². The van der Waals surface area contributed by atoms with Gasteiger partial charge in [-0.15, -0.1) is 0 Å². The van der Waals surface area contributed by atoms with Crippen molar-refractivity contribution in [1.82, 2.24) is 0 Å². The lowest BCUT2D eigenvalue weighted by Crippen LogP contribution is -2.11. The van der Waals surface area contributed by atoms with Gasteiger partial charge in [0.05, 0.1) is 0 Å². The molecule has 0 saturated heterocycles. The van der Waals surface area contributed by atoms with E-state index in [0.29, 0.717) is 0 Å². The summed E-state index contributed by atoms with van der Waals surface area (Å²) >= 11 is 0. The summed E-state index contributed by atoms with van der Waals surface area (Å²) in [5, 5.41) is 0. The van der Waals surface area contributed by atoms with Gasteiger partial charge in [-0.3, -0.25) is 0 Å². The van der Waals surface area contributed by atoms with Crippen LogP contribution in [0.2, 0.25) is 0 Å². The summed E-state index contributed by atoms with van der Waals surface area (Å²) in [5.74, 6) is 3.13. The van der Waals surface area contributed by atoms with Crippen molar-refractivity contribution in [2.24, 2.45) is 11.8 Å². The highest BCUT2D eigenvalue weighted by Crippen LogP contribution is 2.28. The number of rotatable bonds is 0. The van der Waals surface area contributed by atoms with Crippen LogP contribution in [-0.4, -0.2) is 0 Å². The van der Waals surface area contributed by atoms with Gasteiger partial charge in [0.2, 0.25) is 0 Å². The molecule has 0 fully saturated rings. The minimum absolute atomic E-state index is 0.723. The first-order valence-electron chi connectivity index (χ1n) is 3.71. The molecule has 0 N–H and O–H groups in total. The van der Waals surface area contributed by atoms with Crippen molar-refractivity contribution < 1.29 is 0 Å². The highest BCUT2D eigenvalue weighted by molar-refractivity contribution is 5.09. The van der Waals surface area contributed by atoms with Crippen molar-refractivity contribution in [2.45, 2.75) is 27.2 Å². The Bertz CT molecular complexity index is 113. The van der Waals surface area contributed by atoms with Crippen molar-refractivity contribution in [3.05, 3.63) is 18.1 Å². The van der Waals surface area contributed by atoms with Crippen LogP contribution in [0, 0.1) is 17.8 Å². The molecule has 0 saturated carbocycles. The van der Waals surface area contributed by atoms with E-state index in [2.05, 4.69) is 32.9 Å². The summed E-state index contributed by atoms with van der Waals surface area (Å²) < 4.78 is 0. The molecule has 1 radical (unpaired) electrons. The molecule has 0 aromatic rings. The summed E-state index contributed by atoms with van der Waals surface area (Å²) in [5.41, 5.74) is 0. The molecule has 9 heavy (non-hydrogen) atoms. The maximum Gasteiger partial charge on any atom is -0.0201 e. The molecule has 0 aliphatic heterocycles. The molecule has 1 aliphatic rings. The van der Waals surface area contributed by atoms with Gasteiger partial charge in [0, 0.05) is 0 Å². The van der Waals surface area contributed by atoms with Gasteiger partial charge in [0.25, 0.3) is 0 Å². The zero-order chi connectivity index (χ0) is 6.85. The molecule has 0 heteroatoms. The lowest BCUT2D eigenvalue weighted by Gasteiger charge is -2.23. The van der Waals surface area contributed by atoms with Crippen molar-refractivity contribution in [2.75, 3.05) is 0 Å². The van der Waals surface area contributed by atoms with Crippen molar-refractivity contribution in [1.29, 1.82) is 0 Å². The molecule has 2 unspecified atom stereocenters. The first-order chi connectivity index (χ1) is 4.20. The van der Waals surface area contributed by atoms with Crippen LogP contribution in [0.25, 0.3) is 0 Å². The van der Waals surface area contributed by atoms with E-state index in [9.17, 15) is 0 Å². The highest BCUT2D eigenvalue weighted by atomic mass is 14.2. The Labute approximate surface area is 58.0 Å². The zero-order valence-corrected chi connectivity index (χ0v) is 6.52. The van der Waals surface area contributed by atoms with E-state index in [1.165, 1.54) is 6.42 Å². The average Bonchev–Trinajstić information content (AvgIpc) is 1.80. The SMILES string of the molecule is C[C]1CC(C)C=CC1C. The Morgan fingerprint density at radius 3 is 2.44 bits per heavy atom. The normalized spacial score (nSPS) is 37.2. The van der Waals surface area contributed by atoms with E-state index in [0.717, 1.165) is 11.8 Å². The van der Waals surface area contributed by atoms with Gasteiger partial charge < -0.3 is 0 Å². The summed E-state index contributed by atoms with van der Waals surface area (Å²) in [4.78, 5) is 0. The monoisotopic (exact) mass is 123 g/mol. The fraction of sp³-hybridized carbons (Fsp3) is 0.667. The first kappa shape index (κ1) is 6.85. The first-order valence-corrected chi connectivity index (χ1v) is 3.71. The molecular formula is C9H15. The second-order valence-electron chi connectivity index (χ2n) is 3.20. The van der Waals surface area contributed by atoms with Crippen LogP contribution in [0.3, 0.4) is 0 Å². The largest absolute Gasteiger partial charge is 0.0854 e. The third kappa shape index (κ3) is 1.57. The Hall–Kier alpha value is -0.260.